The summed E-state index contributed by atoms with van der Waals surface area (Å²) in [5.41, 5.74) is -0.464. The van der Waals surface area contributed by atoms with Crippen molar-refractivity contribution < 1.29 is 12.8 Å². The van der Waals surface area contributed by atoms with Crippen molar-refractivity contribution in [3.05, 3.63) is 29.0 Å². The molecule has 1 fully saturated rings. The van der Waals surface area contributed by atoms with Crippen LogP contribution in [0.2, 0.25) is 5.02 Å². The van der Waals surface area contributed by atoms with Crippen LogP contribution in [-0.2, 0) is 10.0 Å². The summed E-state index contributed by atoms with van der Waals surface area (Å²) in [7, 11) is -3.80. The van der Waals surface area contributed by atoms with Gasteiger partial charge in [-0.05, 0) is 37.5 Å². The molecule has 0 aliphatic heterocycles. The molecular weight excluding hydrogens is 345 g/mol. The molecule has 0 atom stereocenters. The van der Waals surface area contributed by atoms with Gasteiger partial charge >= 0.3 is 0 Å². The molecule has 1 aliphatic carbocycles. The van der Waals surface area contributed by atoms with E-state index in [4.69, 9.17) is 11.6 Å². The maximum atomic E-state index is 13.1. The van der Waals surface area contributed by atoms with Gasteiger partial charge in [0.2, 0.25) is 10.0 Å². The first-order chi connectivity index (χ1) is 8.38. The number of hydrogen-bond acceptors (Lipinski definition) is 2. The normalized spacial score (nSPS) is 18.4. The Balaban J connectivity index is 2.33. The molecule has 0 spiro atoms. The van der Waals surface area contributed by atoms with Crippen LogP contribution >= 0.6 is 27.5 Å². The van der Waals surface area contributed by atoms with Gasteiger partial charge < -0.3 is 0 Å². The minimum Gasteiger partial charge on any atom is -0.207 e. The highest BCUT2D eigenvalue weighted by molar-refractivity contribution is 9.09. The van der Waals surface area contributed by atoms with Crippen molar-refractivity contribution in [2.75, 3.05) is 5.33 Å². The summed E-state index contributed by atoms with van der Waals surface area (Å²) in [6, 6.07) is 3.31. The molecule has 7 heteroatoms. The van der Waals surface area contributed by atoms with Gasteiger partial charge in [0.15, 0.2) is 0 Å². The standard InChI is InChI=1S/C11H12BrClFNO2S/c12-7-11(4-1-5-11)15-18(16,17)10-6-8(14)2-3-9(10)13/h2-3,6,15H,1,4-5,7H2. The molecule has 1 N–H and O–H groups in total. The van der Waals surface area contributed by atoms with Crippen LogP contribution in [0.1, 0.15) is 19.3 Å². The summed E-state index contributed by atoms with van der Waals surface area (Å²) >= 11 is 9.12. The molecule has 0 radical (unpaired) electrons. The lowest BCUT2D eigenvalue weighted by Crippen LogP contribution is -2.54. The third-order valence-electron chi connectivity index (χ3n) is 3.10. The number of halogens is 3. The first-order valence-electron chi connectivity index (χ1n) is 5.44. The largest absolute Gasteiger partial charge is 0.242 e. The quantitative estimate of drug-likeness (QED) is 0.843. The number of sulfonamides is 1. The Bertz CT molecular complexity index is 555. The molecule has 0 heterocycles. The second-order valence-corrected chi connectivity index (χ2v) is 7.07. The Morgan fingerprint density at radius 3 is 2.61 bits per heavy atom. The van der Waals surface area contributed by atoms with Crippen LogP contribution < -0.4 is 4.72 Å². The highest BCUT2D eigenvalue weighted by Gasteiger charge is 2.40. The lowest BCUT2D eigenvalue weighted by atomic mass is 9.80. The average Bonchev–Trinajstić information content (AvgIpc) is 2.27. The second kappa shape index (κ2) is 5.07. The maximum absolute atomic E-state index is 13.1. The van der Waals surface area contributed by atoms with E-state index in [0.29, 0.717) is 5.33 Å². The van der Waals surface area contributed by atoms with E-state index in [-0.39, 0.29) is 9.92 Å². The molecule has 1 aromatic rings. The van der Waals surface area contributed by atoms with Gasteiger partial charge in [0.25, 0.3) is 0 Å². The fraction of sp³-hybridized carbons (Fsp3) is 0.455. The summed E-state index contributed by atoms with van der Waals surface area (Å²) in [4.78, 5) is -0.212. The van der Waals surface area contributed by atoms with Crippen molar-refractivity contribution in [2.24, 2.45) is 0 Å². The Labute approximate surface area is 119 Å². The van der Waals surface area contributed by atoms with Crippen molar-refractivity contribution in [1.82, 2.24) is 4.72 Å². The molecule has 2 rings (SSSR count). The molecule has 100 valence electrons. The predicted octanol–water partition coefficient (Wildman–Crippen LogP) is 3.08. The summed E-state index contributed by atoms with van der Waals surface area (Å²) in [6.07, 6.45) is 2.51. The van der Waals surface area contributed by atoms with Crippen LogP contribution in [0.5, 0.6) is 0 Å². The Kier molecular flexibility index (Phi) is 4.02. The van der Waals surface area contributed by atoms with Crippen molar-refractivity contribution >= 4 is 37.6 Å². The van der Waals surface area contributed by atoms with Crippen LogP contribution in [0.4, 0.5) is 4.39 Å². The lowest BCUT2D eigenvalue weighted by Gasteiger charge is -2.40. The summed E-state index contributed by atoms with van der Waals surface area (Å²) in [6.45, 7) is 0. The van der Waals surface area contributed by atoms with Gasteiger partial charge in [-0.15, -0.1) is 0 Å². The molecule has 1 aromatic carbocycles. The minimum absolute atomic E-state index is 0.0212. The van der Waals surface area contributed by atoms with Gasteiger partial charge in [0.1, 0.15) is 10.7 Å². The van der Waals surface area contributed by atoms with Gasteiger partial charge in [0.05, 0.1) is 5.02 Å². The fourth-order valence-electron chi connectivity index (χ4n) is 1.89. The zero-order chi connectivity index (χ0) is 13.4. The van der Waals surface area contributed by atoms with Crippen LogP contribution in [0.3, 0.4) is 0 Å². The van der Waals surface area contributed by atoms with Crippen LogP contribution in [0, 0.1) is 5.82 Å². The lowest BCUT2D eigenvalue weighted by molar-refractivity contribution is 0.256. The number of alkyl halides is 1. The van der Waals surface area contributed by atoms with E-state index in [0.717, 1.165) is 31.4 Å². The average molecular weight is 357 g/mol. The molecule has 18 heavy (non-hydrogen) atoms. The van der Waals surface area contributed by atoms with Crippen LogP contribution in [-0.4, -0.2) is 19.3 Å². The zero-order valence-electron chi connectivity index (χ0n) is 9.42. The Morgan fingerprint density at radius 2 is 2.11 bits per heavy atom. The van der Waals surface area contributed by atoms with Crippen molar-refractivity contribution in [3.8, 4) is 0 Å². The summed E-state index contributed by atoms with van der Waals surface area (Å²) in [5.74, 6) is -0.624. The molecule has 1 saturated carbocycles. The highest BCUT2D eigenvalue weighted by Crippen LogP contribution is 2.35. The molecule has 1 aliphatic rings. The summed E-state index contributed by atoms with van der Waals surface area (Å²) in [5, 5.41) is 0.555. The van der Waals surface area contributed by atoms with Crippen molar-refractivity contribution in [1.29, 1.82) is 0 Å². The van der Waals surface area contributed by atoms with Gasteiger partial charge in [-0.1, -0.05) is 27.5 Å². The van der Waals surface area contributed by atoms with E-state index in [1.54, 1.807) is 0 Å². The monoisotopic (exact) mass is 355 g/mol. The number of benzene rings is 1. The van der Waals surface area contributed by atoms with E-state index >= 15 is 0 Å². The van der Waals surface area contributed by atoms with Gasteiger partial charge in [-0.2, -0.15) is 0 Å². The molecule has 0 unspecified atom stereocenters. The maximum Gasteiger partial charge on any atom is 0.242 e. The number of nitrogens with one attached hydrogen (secondary N) is 1. The summed E-state index contributed by atoms with van der Waals surface area (Å²) < 4.78 is 40.1. The van der Waals surface area contributed by atoms with Crippen LogP contribution in [0.15, 0.2) is 23.1 Å². The Morgan fingerprint density at radius 1 is 1.44 bits per heavy atom. The van der Waals surface area contributed by atoms with E-state index in [1.807, 2.05) is 0 Å². The van der Waals surface area contributed by atoms with Crippen LogP contribution in [0.25, 0.3) is 0 Å². The van der Waals surface area contributed by atoms with E-state index in [9.17, 15) is 12.8 Å². The van der Waals surface area contributed by atoms with Crippen molar-refractivity contribution in [2.45, 2.75) is 29.7 Å². The number of hydrogen-bond donors (Lipinski definition) is 1. The molecular formula is C11H12BrClFNO2S. The van der Waals surface area contributed by atoms with Gasteiger partial charge in [0, 0.05) is 10.9 Å². The second-order valence-electron chi connectivity index (χ2n) is 4.45. The topological polar surface area (TPSA) is 46.2 Å². The number of rotatable bonds is 4. The van der Waals surface area contributed by atoms with E-state index < -0.39 is 21.4 Å². The van der Waals surface area contributed by atoms with Gasteiger partial charge in [-0.25, -0.2) is 17.5 Å². The molecule has 0 saturated heterocycles. The van der Waals surface area contributed by atoms with Crippen molar-refractivity contribution in [3.63, 3.8) is 0 Å². The van der Waals surface area contributed by atoms with E-state index in [2.05, 4.69) is 20.7 Å². The predicted molar refractivity (Wildman–Crippen MR) is 72.1 cm³/mol. The first kappa shape index (κ1) is 14.2. The molecule has 0 amide bonds. The fourth-order valence-corrected chi connectivity index (χ4v) is 4.75. The first-order valence-corrected chi connectivity index (χ1v) is 8.42. The SMILES string of the molecule is O=S(=O)(NC1(CBr)CCC1)c1cc(F)ccc1Cl. The third kappa shape index (κ3) is 2.71. The third-order valence-corrected chi connectivity index (χ3v) is 6.23. The zero-order valence-corrected chi connectivity index (χ0v) is 12.6. The molecule has 3 nitrogen and oxygen atoms in total. The smallest absolute Gasteiger partial charge is 0.207 e. The highest BCUT2D eigenvalue weighted by atomic mass is 79.9. The molecule has 0 bridgehead atoms. The molecule has 0 aromatic heterocycles. The minimum atomic E-state index is -3.80. The van der Waals surface area contributed by atoms with E-state index in [1.165, 1.54) is 6.07 Å². The van der Waals surface area contributed by atoms with Gasteiger partial charge in [-0.3, -0.25) is 0 Å². The Hall–Kier alpha value is -0.170.